The van der Waals surface area contributed by atoms with Crippen LogP contribution in [0.25, 0.3) is 0 Å². The van der Waals surface area contributed by atoms with E-state index in [9.17, 15) is 0 Å². The fraction of sp³-hybridized carbons (Fsp3) is 1.00. The number of unbranched alkanes of at least 4 members (excludes halogenated alkanes) is 3. The third-order valence-corrected chi connectivity index (χ3v) is 2.19. The Kier molecular flexibility index (Phi) is 25.5. The zero-order valence-electron chi connectivity index (χ0n) is 12.6. The third kappa shape index (κ3) is 27.1. The van der Waals surface area contributed by atoms with Gasteiger partial charge < -0.3 is 24.4 Å². The van der Waals surface area contributed by atoms with Gasteiger partial charge in [-0.15, -0.1) is 0 Å². The van der Waals surface area contributed by atoms with Crippen molar-refractivity contribution in [2.45, 2.75) is 39.5 Å². The fourth-order valence-corrected chi connectivity index (χ4v) is 1.23. The highest BCUT2D eigenvalue weighted by molar-refractivity contribution is 4.39. The van der Waals surface area contributed by atoms with E-state index in [1.54, 1.807) is 0 Å². The fourth-order valence-electron chi connectivity index (χ4n) is 1.23. The number of ether oxygens (including phenoxy) is 3. The number of rotatable bonds is 13. The van der Waals surface area contributed by atoms with Crippen LogP contribution in [0.15, 0.2) is 0 Å². The second kappa shape index (κ2) is 22.9. The third-order valence-electron chi connectivity index (χ3n) is 2.19. The average molecular weight is 280 g/mol. The van der Waals surface area contributed by atoms with Gasteiger partial charge in [-0.05, 0) is 13.3 Å². The van der Waals surface area contributed by atoms with Crippen LogP contribution in [0.5, 0.6) is 0 Å². The van der Waals surface area contributed by atoms with Crippen LogP contribution < -0.4 is 0 Å². The molecule has 0 radical (unpaired) electrons. The van der Waals surface area contributed by atoms with Crippen molar-refractivity contribution < 1.29 is 24.4 Å². The van der Waals surface area contributed by atoms with Gasteiger partial charge in [-0.1, -0.05) is 26.2 Å². The van der Waals surface area contributed by atoms with Crippen LogP contribution >= 0.6 is 0 Å². The zero-order valence-corrected chi connectivity index (χ0v) is 12.6. The molecule has 0 aromatic heterocycles. The van der Waals surface area contributed by atoms with Gasteiger partial charge in [0.2, 0.25) is 0 Å². The minimum absolute atomic E-state index is 0.0938. The molecule has 0 spiro atoms. The lowest BCUT2D eigenvalue weighted by atomic mass is 10.2. The summed E-state index contributed by atoms with van der Waals surface area (Å²) in [5.41, 5.74) is 0. The number of aliphatic hydroxyl groups is 2. The van der Waals surface area contributed by atoms with E-state index in [2.05, 4.69) is 6.92 Å². The van der Waals surface area contributed by atoms with E-state index in [1.165, 1.54) is 19.3 Å². The highest BCUT2D eigenvalue weighted by atomic mass is 16.5. The van der Waals surface area contributed by atoms with E-state index < -0.39 is 0 Å². The van der Waals surface area contributed by atoms with Crippen molar-refractivity contribution in [3.63, 3.8) is 0 Å². The Morgan fingerprint density at radius 1 is 0.632 bits per heavy atom. The maximum absolute atomic E-state index is 8.40. The molecule has 0 aliphatic carbocycles. The molecule has 0 fully saturated rings. The lowest BCUT2D eigenvalue weighted by molar-refractivity contribution is 0.0321. The summed E-state index contributed by atoms with van der Waals surface area (Å²) in [6.07, 6.45) is 4.96. The van der Waals surface area contributed by atoms with Crippen molar-refractivity contribution in [1.82, 2.24) is 0 Å². The first kappa shape index (κ1) is 21.1. The van der Waals surface area contributed by atoms with Crippen LogP contribution in [-0.4, -0.2) is 63.1 Å². The second-order valence-corrected chi connectivity index (χ2v) is 3.93. The summed E-state index contributed by atoms with van der Waals surface area (Å²) in [5.74, 6) is 0. The molecule has 2 N–H and O–H groups in total. The van der Waals surface area contributed by atoms with Crippen LogP contribution in [0.2, 0.25) is 0 Å². The number of aliphatic hydroxyl groups excluding tert-OH is 2. The Labute approximate surface area is 117 Å². The van der Waals surface area contributed by atoms with Gasteiger partial charge >= 0.3 is 0 Å². The predicted molar refractivity (Wildman–Crippen MR) is 76.4 cm³/mol. The monoisotopic (exact) mass is 280 g/mol. The molecule has 0 aliphatic heterocycles. The molecule has 0 rings (SSSR count). The Balaban J connectivity index is 0. The van der Waals surface area contributed by atoms with Crippen molar-refractivity contribution >= 4 is 0 Å². The van der Waals surface area contributed by atoms with Crippen LogP contribution in [0, 0.1) is 0 Å². The Hall–Kier alpha value is -0.200. The molecule has 0 bridgehead atoms. The Morgan fingerprint density at radius 2 is 1.21 bits per heavy atom. The predicted octanol–water partition coefficient (Wildman–Crippen LogP) is 1.61. The minimum atomic E-state index is 0.0938. The van der Waals surface area contributed by atoms with Crippen LogP contribution in [0.1, 0.15) is 39.5 Å². The van der Waals surface area contributed by atoms with Crippen LogP contribution in [-0.2, 0) is 14.2 Å². The quantitative estimate of drug-likeness (QED) is 0.502. The molecule has 0 heterocycles. The van der Waals surface area contributed by atoms with Gasteiger partial charge in [0, 0.05) is 13.2 Å². The number of hydrogen-bond donors (Lipinski definition) is 2. The summed E-state index contributed by atoms with van der Waals surface area (Å²) in [5, 5.41) is 16.5. The summed E-state index contributed by atoms with van der Waals surface area (Å²) in [7, 11) is 0. The van der Waals surface area contributed by atoms with E-state index in [0.717, 1.165) is 13.0 Å². The maximum atomic E-state index is 8.40. The molecular formula is C14H32O5. The van der Waals surface area contributed by atoms with Crippen molar-refractivity contribution in [2.24, 2.45) is 0 Å². The summed E-state index contributed by atoms with van der Waals surface area (Å²) < 4.78 is 15.1. The van der Waals surface area contributed by atoms with Crippen LogP contribution in [0.3, 0.4) is 0 Å². The highest BCUT2D eigenvalue weighted by Gasteiger charge is 1.90. The first-order valence-electron chi connectivity index (χ1n) is 7.28. The van der Waals surface area contributed by atoms with E-state index in [1.807, 2.05) is 6.92 Å². The van der Waals surface area contributed by atoms with E-state index in [-0.39, 0.29) is 13.2 Å². The minimum Gasteiger partial charge on any atom is -0.394 e. The molecule has 5 nitrogen and oxygen atoms in total. The molecule has 0 aromatic rings. The van der Waals surface area contributed by atoms with Gasteiger partial charge in [0.1, 0.15) is 0 Å². The largest absolute Gasteiger partial charge is 0.394 e. The van der Waals surface area contributed by atoms with E-state index in [0.29, 0.717) is 33.0 Å². The average Bonchev–Trinajstić information content (AvgIpc) is 2.44. The number of hydrogen-bond acceptors (Lipinski definition) is 5. The summed E-state index contributed by atoms with van der Waals surface area (Å²) in [4.78, 5) is 0. The van der Waals surface area contributed by atoms with Gasteiger partial charge in [0.25, 0.3) is 0 Å². The second-order valence-electron chi connectivity index (χ2n) is 3.93. The van der Waals surface area contributed by atoms with Gasteiger partial charge in [-0.2, -0.15) is 0 Å². The Morgan fingerprint density at radius 3 is 1.68 bits per heavy atom. The molecule has 0 atom stereocenters. The summed E-state index contributed by atoms with van der Waals surface area (Å²) in [6.45, 7) is 7.97. The molecule has 118 valence electrons. The molecular weight excluding hydrogens is 248 g/mol. The van der Waals surface area contributed by atoms with Crippen molar-refractivity contribution in [3.8, 4) is 0 Å². The maximum Gasteiger partial charge on any atom is 0.0701 e. The molecule has 0 amide bonds. The molecule has 0 saturated carbocycles. The van der Waals surface area contributed by atoms with Crippen LogP contribution in [0.4, 0.5) is 0 Å². The van der Waals surface area contributed by atoms with Gasteiger partial charge in [0.05, 0.1) is 39.6 Å². The van der Waals surface area contributed by atoms with E-state index in [4.69, 9.17) is 24.4 Å². The van der Waals surface area contributed by atoms with Gasteiger partial charge in [-0.25, -0.2) is 0 Å². The lowest BCUT2D eigenvalue weighted by Gasteiger charge is -2.04. The van der Waals surface area contributed by atoms with E-state index >= 15 is 0 Å². The summed E-state index contributed by atoms with van der Waals surface area (Å²) in [6, 6.07) is 0. The Bertz CT molecular complexity index is 119. The SMILES string of the molecule is CCCCCCOCCOCCO.CCOCCO. The topological polar surface area (TPSA) is 68.2 Å². The first-order valence-corrected chi connectivity index (χ1v) is 7.28. The first-order chi connectivity index (χ1) is 9.33. The van der Waals surface area contributed by atoms with Gasteiger partial charge in [-0.3, -0.25) is 0 Å². The summed E-state index contributed by atoms with van der Waals surface area (Å²) >= 11 is 0. The smallest absolute Gasteiger partial charge is 0.0701 e. The van der Waals surface area contributed by atoms with Gasteiger partial charge in [0.15, 0.2) is 0 Å². The molecule has 0 saturated heterocycles. The van der Waals surface area contributed by atoms with Crippen molar-refractivity contribution in [2.75, 3.05) is 52.9 Å². The van der Waals surface area contributed by atoms with Crippen molar-refractivity contribution in [3.05, 3.63) is 0 Å². The lowest BCUT2D eigenvalue weighted by Crippen LogP contribution is -2.07. The molecule has 0 aromatic carbocycles. The molecule has 0 aliphatic rings. The molecule has 0 unspecified atom stereocenters. The highest BCUT2D eigenvalue weighted by Crippen LogP contribution is 1.98. The van der Waals surface area contributed by atoms with Crippen molar-refractivity contribution in [1.29, 1.82) is 0 Å². The standard InChI is InChI=1S/C10H22O3.C4H10O2/c1-2-3-4-5-7-12-9-10-13-8-6-11;1-2-6-4-3-5/h11H,2-10H2,1H3;5H,2-4H2,1H3. The zero-order chi connectivity index (χ0) is 14.6. The normalized spacial score (nSPS) is 10.1. The molecule has 19 heavy (non-hydrogen) atoms. The molecule has 5 heteroatoms.